The van der Waals surface area contributed by atoms with Crippen molar-refractivity contribution in [1.82, 2.24) is 14.8 Å². The number of hydrogen-bond donors (Lipinski definition) is 1. The van der Waals surface area contributed by atoms with Gasteiger partial charge in [0, 0.05) is 43.9 Å². The molecule has 1 saturated heterocycles. The Morgan fingerprint density at radius 3 is 2.53 bits per heavy atom. The molecule has 1 aliphatic rings. The van der Waals surface area contributed by atoms with Gasteiger partial charge in [0.25, 0.3) is 0 Å². The lowest BCUT2D eigenvalue weighted by atomic mass is 10.2. The number of nitrogens with one attached hydrogen (secondary N) is 1. The number of pyridine rings is 1. The molecule has 0 bridgehead atoms. The molecular weight excluding hydrogens is 421 g/mol. The molecule has 1 aromatic heterocycles. The second-order valence-electron chi connectivity index (χ2n) is 6.99. The number of rotatable bonds is 6. The monoisotopic (exact) mass is 442 g/mol. The van der Waals surface area contributed by atoms with Crippen LogP contribution in [-0.4, -0.2) is 60.5 Å². The topological polar surface area (TPSA) is 57.7 Å². The second-order valence-corrected chi connectivity index (χ2v) is 7.43. The molecular formula is C20H22ClF3N4O2. The number of hydrogen-bond acceptors (Lipinski definition) is 5. The largest absolute Gasteiger partial charge is 0.495 e. The van der Waals surface area contributed by atoms with Gasteiger partial charge in [0.15, 0.2) is 0 Å². The van der Waals surface area contributed by atoms with Crippen LogP contribution < -0.4 is 10.1 Å². The summed E-state index contributed by atoms with van der Waals surface area (Å²) in [5.41, 5.74) is 0.190. The molecule has 1 aromatic carbocycles. The van der Waals surface area contributed by atoms with Crippen LogP contribution in [0.4, 0.5) is 18.9 Å². The lowest BCUT2D eigenvalue weighted by Crippen LogP contribution is -2.48. The van der Waals surface area contributed by atoms with Crippen LogP contribution in [0.15, 0.2) is 36.5 Å². The Morgan fingerprint density at radius 1 is 1.17 bits per heavy atom. The van der Waals surface area contributed by atoms with E-state index in [0.29, 0.717) is 54.7 Å². The number of piperazine rings is 1. The summed E-state index contributed by atoms with van der Waals surface area (Å²) in [6.07, 6.45) is -3.27. The Morgan fingerprint density at radius 2 is 1.87 bits per heavy atom. The number of methoxy groups -OCH3 is 1. The van der Waals surface area contributed by atoms with E-state index < -0.39 is 11.9 Å². The maximum Gasteiger partial charge on any atom is 0.433 e. The fourth-order valence-corrected chi connectivity index (χ4v) is 3.43. The third-order valence-corrected chi connectivity index (χ3v) is 5.02. The molecule has 162 valence electrons. The fourth-order valence-electron chi connectivity index (χ4n) is 3.26. The van der Waals surface area contributed by atoms with Crippen LogP contribution in [0.3, 0.4) is 0 Å². The highest BCUT2D eigenvalue weighted by atomic mass is 35.5. The van der Waals surface area contributed by atoms with E-state index in [1.807, 2.05) is 4.90 Å². The zero-order valence-electron chi connectivity index (χ0n) is 16.4. The molecule has 6 nitrogen and oxygen atoms in total. The number of anilines is 1. The van der Waals surface area contributed by atoms with Crippen molar-refractivity contribution in [3.05, 3.63) is 52.8 Å². The molecule has 1 N–H and O–H groups in total. The first-order chi connectivity index (χ1) is 14.2. The van der Waals surface area contributed by atoms with Gasteiger partial charge in [0.05, 0.1) is 19.3 Å². The van der Waals surface area contributed by atoms with E-state index >= 15 is 0 Å². The maximum absolute atomic E-state index is 12.8. The van der Waals surface area contributed by atoms with Crippen LogP contribution in [-0.2, 0) is 17.5 Å². The van der Waals surface area contributed by atoms with E-state index in [-0.39, 0.29) is 12.5 Å². The predicted octanol–water partition coefficient (Wildman–Crippen LogP) is 3.52. The summed E-state index contributed by atoms with van der Waals surface area (Å²) in [6.45, 7) is 3.19. The standard InChI is InChI=1S/C20H22ClF3N4O2/c1-30-17-3-2-15(21)11-16(17)26-19(29)13-28-8-6-27(7-9-28)12-14-4-5-25-18(10-14)20(22,23)24/h2-5,10-11H,6-9,12-13H2,1H3,(H,26,29). The Balaban J connectivity index is 1.49. The highest BCUT2D eigenvalue weighted by molar-refractivity contribution is 6.31. The van der Waals surface area contributed by atoms with Crippen LogP contribution in [0.25, 0.3) is 0 Å². The van der Waals surface area contributed by atoms with Gasteiger partial charge in [-0.3, -0.25) is 19.6 Å². The van der Waals surface area contributed by atoms with Crippen molar-refractivity contribution < 1.29 is 22.7 Å². The van der Waals surface area contributed by atoms with Crippen molar-refractivity contribution in [2.75, 3.05) is 45.2 Å². The molecule has 0 spiro atoms. The second kappa shape index (κ2) is 9.63. The minimum atomic E-state index is -4.45. The maximum atomic E-state index is 12.8. The first kappa shape index (κ1) is 22.3. The summed E-state index contributed by atoms with van der Waals surface area (Å²) in [6, 6.07) is 7.65. The average Bonchev–Trinajstić information content (AvgIpc) is 2.69. The molecule has 30 heavy (non-hydrogen) atoms. The third kappa shape index (κ3) is 6.07. The smallest absolute Gasteiger partial charge is 0.433 e. The van der Waals surface area contributed by atoms with Crippen molar-refractivity contribution in [3.8, 4) is 5.75 Å². The van der Waals surface area contributed by atoms with Crippen LogP contribution in [0.2, 0.25) is 5.02 Å². The molecule has 2 aromatic rings. The first-order valence-corrected chi connectivity index (χ1v) is 9.72. The summed E-state index contributed by atoms with van der Waals surface area (Å²) in [7, 11) is 1.51. The predicted molar refractivity (Wildman–Crippen MR) is 108 cm³/mol. The Kier molecular flexibility index (Phi) is 7.17. The number of ether oxygens (including phenoxy) is 1. The molecule has 10 heteroatoms. The van der Waals surface area contributed by atoms with Gasteiger partial charge in [-0.05, 0) is 35.9 Å². The van der Waals surface area contributed by atoms with Gasteiger partial charge in [-0.1, -0.05) is 11.6 Å². The van der Waals surface area contributed by atoms with Crippen molar-refractivity contribution in [3.63, 3.8) is 0 Å². The molecule has 3 rings (SSSR count). The van der Waals surface area contributed by atoms with E-state index in [9.17, 15) is 18.0 Å². The zero-order valence-corrected chi connectivity index (χ0v) is 17.1. The molecule has 2 heterocycles. The number of nitrogens with zero attached hydrogens (tertiary/aromatic N) is 3. The van der Waals surface area contributed by atoms with E-state index in [1.165, 1.54) is 13.3 Å². The van der Waals surface area contributed by atoms with Gasteiger partial charge in [-0.25, -0.2) is 0 Å². The minimum Gasteiger partial charge on any atom is -0.495 e. The number of aromatic nitrogens is 1. The number of carbonyl (C=O) groups excluding carboxylic acids is 1. The Bertz CT molecular complexity index is 887. The quantitative estimate of drug-likeness (QED) is 0.742. The highest BCUT2D eigenvalue weighted by Crippen LogP contribution is 2.28. The number of halogens is 4. The molecule has 0 radical (unpaired) electrons. The highest BCUT2D eigenvalue weighted by Gasteiger charge is 2.32. The molecule has 0 atom stereocenters. The summed E-state index contributed by atoms with van der Waals surface area (Å²) in [4.78, 5) is 19.8. The number of carbonyl (C=O) groups is 1. The average molecular weight is 443 g/mol. The molecule has 0 saturated carbocycles. The normalized spacial score (nSPS) is 15.8. The van der Waals surface area contributed by atoms with Gasteiger partial charge >= 0.3 is 6.18 Å². The van der Waals surface area contributed by atoms with Crippen LogP contribution in [0.1, 0.15) is 11.3 Å². The van der Waals surface area contributed by atoms with Crippen LogP contribution >= 0.6 is 11.6 Å². The summed E-state index contributed by atoms with van der Waals surface area (Å²) >= 11 is 5.98. The summed E-state index contributed by atoms with van der Waals surface area (Å²) in [5, 5.41) is 3.29. The van der Waals surface area contributed by atoms with Gasteiger partial charge < -0.3 is 10.1 Å². The SMILES string of the molecule is COc1ccc(Cl)cc1NC(=O)CN1CCN(Cc2ccnc(C(F)(F)F)c2)CC1. The van der Waals surface area contributed by atoms with Crippen molar-refractivity contribution in [2.45, 2.75) is 12.7 Å². The molecule has 1 aliphatic heterocycles. The number of benzene rings is 1. The van der Waals surface area contributed by atoms with Crippen LogP contribution in [0, 0.1) is 0 Å². The lowest BCUT2D eigenvalue weighted by Gasteiger charge is -2.34. The molecule has 1 fully saturated rings. The van der Waals surface area contributed by atoms with E-state index in [2.05, 4.69) is 15.2 Å². The molecule has 1 amide bonds. The number of amides is 1. The summed E-state index contributed by atoms with van der Waals surface area (Å²) in [5.74, 6) is 0.334. The van der Waals surface area contributed by atoms with E-state index in [4.69, 9.17) is 16.3 Å². The van der Waals surface area contributed by atoms with Crippen molar-refractivity contribution in [1.29, 1.82) is 0 Å². The van der Waals surface area contributed by atoms with Gasteiger partial charge in [0.1, 0.15) is 11.4 Å². The molecule has 0 unspecified atom stereocenters. The zero-order chi connectivity index (χ0) is 21.7. The van der Waals surface area contributed by atoms with Gasteiger partial charge in [0.2, 0.25) is 5.91 Å². The minimum absolute atomic E-state index is 0.187. The number of alkyl halides is 3. The summed E-state index contributed by atoms with van der Waals surface area (Å²) < 4.78 is 43.7. The lowest BCUT2D eigenvalue weighted by molar-refractivity contribution is -0.141. The van der Waals surface area contributed by atoms with Crippen LogP contribution in [0.5, 0.6) is 5.75 Å². The molecule has 0 aliphatic carbocycles. The Hall–Kier alpha value is -2.36. The van der Waals surface area contributed by atoms with Crippen molar-refractivity contribution in [2.24, 2.45) is 0 Å². The third-order valence-electron chi connectivity index (χ3n) is 4.79. The fraction of sp³-hybridized carbons (Fsp3) is 0.400. The van der Waals surface area contributed by atoms with E-state index in [1.54, 1.807) is 24.3 Å². The Labute approximate surface area is 177 Å². The van der Waals surface area contributed by atoms with Gasteiger partial charge in [-0.15, -0.1) is 0 Å². The van der Waals surface area contributed by atoms with E-state index in [0.717, 1.165) is 6.07 Å². The first-order valence-electron chi connectivity index (χ1n) is 9.35. The van der Waals surface area contributed by atoms with Gasteiger partial charge in [-0.2, -0.15) is 13.2 Å². The van der Waals surface area contributed by atoms with Crippen molar-refractivity contribution >= 4 is 23.2 Å².